The fraction of sp³-hybridized carbons (Fsp3) is 0.571. The highest BCUT2D eigenvalue weighted by Crippen LogP contribution is 2.21. The minimum atomic E-state index is -0.221. The van der Waals surface area contributed by atoms with Gasteiger partial charge in [-0.3, -0.25) is 4.79 Å². The van der Waals surface area contributed by atoms with E-state index in [2.05, 4.69) is 10.3 Å². The van der Waals surface area contributed by atoms with Crippen LogP contribution in [0.25, 0.3) is 0 Å². The fourth-order valence-electron chi connectivity index (χ4n) is 1.91. The lowest BCUT2D eigenvalue weighted by Crippen LogP contribution is -2.36. The minimum Gasteiger partial charge on any atom is -0.473 e. The van der Waals surface area contributed by atoms with Crippen molar-refractivity contribution >= 4 is 17.7 Å². The molecular formula is C14H20N2O3S. The Balaban J connectivity index is 1.91. The summed E-state index contributed by atoms with van der Waals surface area (Å²) < 4.78 is 5.73. The number of hydrogen-bond acceptors (Lipinski definition) is 5. The maximum atomic E-state index is 11.9. The van der Waals surface area contributed by atoms with Crippen molar-refractivity contribution < 1.29 is 14.6 Å². The Labute approximate surface area is 123 Å². The lowest BCUT2D eigenvalue weighted by Gasteiger charge is -2.14. The summed E-state index contributed by atoms with van der Waals surface area (Å²) in [5.41, 5.74) is 0.477. The van der Waals surface area contributed by atoms with E-state index >= 15 is 0 Å². The van der Waals surface area contributed by atoms with Gasteiger partial charge in [-0.15, -0.1) is 0 Å². The molecular weight excluding hydrogens is 276 g/mol. The first-order valence-corrected chi connectivity index (χ1v) is 8.00. The number of rotatable bonds is 6. The largest absolute Gasteiger partial charge is 0.473 e. The summed E-state index contributed by atoms with van der Waals surface area (Å²) in [6.45, 7) is 1.85. The predicted octanol–water partition coefficient (Wildman–Crippen LogP) is 1.47. The zero-order valence-corrected chi connectivity index (χ0v) is 12.4. The van der Waals surface area contributed by atoms with Crippen LogP contribution in [0, 0.1) is 0 Å². The molecule has 110 valence electrons. The summed E-state index contributed by atoms with van der Waals surface area (Å²) in [4.78, 5) is 16.1. The molecule has 20 heavy (non-hydrogen) atoms. The molecule has 1 fully saturated rings. The third-order valence-electron chi connectivity index (χ3n) is 3.22. The maximum absolute atomic E-state index is 11.9. The molecule has 2 rings (SSSR count). The topological polar surface area (TPSA) is 71.5 Å². The standard InChI is InChI=1S/C14H20N2O3S/c1-2-11(8-17)16-14(18)10-3-4-13(15-7-10)19-12-5-6-20-9-12/h3-4,7,11-12,17H,2,5-6,8-9H2,1H3,(H,16,18). The third-order valence-corrected chi connectivity index (χ3v) is 4.35. The van der Waals surface area contributed by atoms with Crippen molar-refractivity contribution in [2.45, 2.75) is 31.9 Å². The van der Waals surface area contributed by atoms with Gasteiger partial charge in [-0.2, -0.15) is 11.8 Å². The fourth-order valence-corrected chi connectivity index (χ4v) is 3.00. The second-order valence-corrected chi connectivity index (χ2v) is 5.90. The Kier molecular flexibility index (Phi) is 5.67. The first-order valence-electron chi connectivity index (χ1n) is 6.85. The number of pyridine rings is 1. The average Bonchev–Trinajstić information content (AvgIpc) is 2.98. The van der Waals surface area contributed by atoms with E-state index in [1.807, 2.05) is 18.7 Å². The molecule has 0 aromatic carbocycles. The Morgan fingerprint density at radius 1 is 1.65 bits per heavy atom. The molecule has 2 atom stereocenters. The molecule has 2 unspecified atom stereocenters. The van der Waals surface area contributed by atoms with Crippen LogP contribution in [-0.4, -0.2) is 46.3 Å². The number of amides is 1. The number of nitrogens with zero attached hydrogens (tertiary/aromatic N) is 1. The van der Waals surface area contributed by atoms with Crippen LogP contribution in [0.3, 0.4) is 0 Å². The third kappa shape index (κ3) is 4.11. The number of hydrogen-bond donors (Lipinski definition) is 2. The molecule has 1 amide bonds. The Morgan fingerprint density at radius 3 is 3.05 bits per heavy atom. The van der Waals surface area contributed by atoms with Gasteiger partial charge in [0.2, 0.25) is 5.88 Å². The van der Waals surface area contributed by atoms with E-state index in [0.29, 0.717) is 17.9 Å². The van der Waals surface area contributed by atoms with Crippen molar-refractivity contribution in [3.05, 3.63) is 23.9 Å². The van der Waals surface area contributed by atoms with Gasteiger partial charge in [-0.05, 0) is 24.7 Å². The van der Waals surface area contributed by atoms with E-state index in [9.17, 15) is 4.79 Å². The smallest absolute Gasteiger partial charge is 0.253 e. The van der Waals surface area contributed by atoms with Crippen molar-refractivity contribution in [3.63, 3.8) is 0 Å². The van der Waals surface area contributed by atoms with E-state index in [1.165, 1.54) is 6.20 Å². The Morgan fingerprint density at radius 2 is 2.50 bits per heavy atom. The number of aliphatic hydroxyl groups excluding tert-OH is 1. The van der Waals surface area contributed by atoms with E-state index in [1.54, 1.807) is 12.1 Å². The van der Waals surface area contributed by atoms with Crippen molar-refractivity contribution in [2.75, 3.05) is 18.1 Å². The molecule has 0 radical (unpaired) electrons. The van der Waals surface area contributed by atoms with Crippen LogP contribution in [0.1, 0.15) is 30.1 Å². The molecule has 2 N–H and O–H groups in total. The van der Waals surface area contributed by atoms with E-state index < -0.39 is 0 Å². The van der Waals surface area contributed by atoms with Gasteiger partial charge in [-0.1, -0.05) is 6.92 Å². The number of aromatic nitrogens is 1. The van der Waals surface area contributed by atoms with E-state index in [4.69, 9.17) is 9.84 Å². The molecule has 5 nitrogen and oxygen atoms in total. The molecule has 0 bridgehead atoms. The number of ether oxygens (including phenoxy) is 1. The monoisotopic (exact) mass is 296 g/mol. The Hall–Kier alpha value is -1.27. The zero-order valence-electron chi connectivity index (χ0n) is 11.5. The lowest BCUT2D eigenvalue weighted by atomic mass is 10.2. The highest BCUT2D eigenvalue weighted by Gasteiger charge is 2.18. The first kappa shape index (κ1) is 15.1. The van der Waals surface area contributed by atoms with Gasteiger partial charge in [0, 0.05) is 18.0 Å². The summed E-state index contributed by atoms with van der Waals surface area (Å²) in [5, 5.41) is 11.8. The quantitative estimate of drug-likeness (QED) is 0.832. The predicted molar refractivity (Wildman–Crippen MR) is 79.2 cm³/mol. The van der Waals surface area contributed by atoms with Crippen LogP contribution in [0.2, 0.25) is 0 Å². The second kappa shape index (κ2) is 7.50. The summed E-state index contributed by atoms with van der Waals surface area (Å²) in [6.07, 6.45) is 3.47. The molecule has 6 heteroatoms. The molecule has 2 heterocycles. The summed E-state index contributed by atoms with van der Waals surface area (Å²) >= 11 is 1.88. The highest BCUT2D eigenvalue weighted by molar-refractivity contribution is 7.99. The number of nitrogens with one attached hydrogen (secondary N) is 1. The van der Waals surface area contributed by atoms with Crippen molar-refractivity contribution in [2.24, 2.45) is 0 Å². The molecule has 1 aromatic rings. The molecule has 0 saturated carbocycles. The van der Waals surface area contributed by atoms with Gasteiger partial charge in [0.25, 0.3) is 5.91 Å². The molecule has 0 aliphatic carbocycles. The van der Waals surface area contributed by atoms with Crippen LogP contribution >= 0.6 is 11.8 Å². The highest BCUT2D eigenvalue weighted by atomic mass is 32.2. The summed E-state index contributed by atoms with van der Waals surface area (Å²) in [7, 11) is 0. The van der Waals surface area contributed by atoms with Crippen molar-refractivity contribution in [1.29, 1.82) is 0 Å². The molecule has 0 spiro atoms. The van der Waals surface area contributed by atoms with Gasteiger partial charge in [0.15, 0.2) is 0 Å². The SMILES string of the molecule is CCC(CO)NC(=O)c1ccc(OC2CCSC2)nc1. The van der Waals surface area contributed by atoms with Gasteiger partial charge in [0.1, 0.15) is 6.10 Å². The van der Waals surface area contributed by atoms with Crippen LogP contribution in [-0.2, 0) is 0 Å². The normalized spacial score (nSPS) is 19.6. The minimum absolute atomic E-state index is 0.0593. The molecule has 1 aliphatic heterocycles. The van der Waals surface area contributed by atoms with Crippen molar-refractivity contribution in [3.8, 4) is 5.88 Å². The van der Waals surface area contributed by atoms with Crippen molar-refractivity contribution in [1.82, 2.24) is 10.3 Å². The van der Waals surface area contributed by atoms with Gasteiger partial charge in [-0.25, -0.2) is 4.98 Å². The number of thioether (sulfide) groups is 1. The molecule has 1 saturated heterocycles. The molecule has 1 aromatic heterocycles. The van der Waals surface area contributed by atoms with Crippen LogP contribution in [0.15, 0.2) is 18.3 Å². The zero-order chi connectivity index (χ0) is 14.4. The summed E-state index contributed by atoms with van der Waals surface area (Å²) in [6, 6.07) is 3.20. The van der Waals surface area contributed by atoms with Crippen LogP contribution in [0.5, 0.6) is 5.88 Å². The lowest BCUT2D eigenvalue weighted by molar-refractivity contribution is 0.0914. The van der Waals surface area contributed by atoms with Crippen LogP contribution in [0.4, 0.5) is 0 Å². The number of aliphatic hydroxyl groups is 1. The molecule has 1 aliphatic rings. The second-order valence-electron chi connectivity index (χ2n) is 4.75. The van der Waals surface area contributed by atoms with Crippen LogP contribution < -0.4 is 10.1 Å². The van der Waals surface area contributed by atoms with E-state index in [0.717, 1.165) is 17.9 Å². The van der Waals surface area contributed by atoms with Gasteiger partial charge < -0.3 is 15.2 Å². The average molecular weight is 296 g/mol. The maximum Gasteiger partial charge on any atom is 0.253 e. The first-order chi connectivity index (χ1) is 9.72. The number of carbonyl (C=O) groups excluding carboxylic acids is 1. The van der Waals surface area contributed by atoms with Gasteiger partial charge >= 0.3 is 0 Å². The summed E-state index contributed by atoms with van der Waals surface area (Å²) in [5.74, 6) is 2.47. The Bertz CT molecular complexity index is 429. The van der Waals surface area contributed by atoms with E-state index in [-0.39, 0.29) is 24.7 Å². The number of carbonyl (C=O) groups is 1. The van der Waals surface area contributed by atoms with Gasteiger partial charge in [0.05, 0.1) is 18.2 Å².